The molecule has 106 valence electrons. The number of hydrogen-bond acceptors (Lipinski definition) is 2. The van der Waals surface area contributed by atoms with Crippen molar-refractivity contribution < 1.29 is 0 Å². The summed E-state index contributed by atoms with van der Waals surface area (Å²) in [6.45, 7) is 10.2. The highest BCUT2D eigenvalue weighted by Crippen LogP contribution is 2.33. The van der Waals surface area contributed by atoms with Gasteiger partial charge < -0.3 is 5.32 Å². The Bertz CT molecular complexity index is 389. The van der Waals surface area contributed by atoms with Crippen LogP contribution in [0.1, 0.15) is 50.8 Å². The minimum absolute atomic E-state index is 0.501. The molecule has 0 heterocycles. The lowest BCUT2D eigenvalue weighted by Gasteiger charge is -2.41. The van der Waals surface area contributed by atoms with Gasteiger partial charge in [0.15, 0.2) is 0 Å². The second-order valence-corrected chi connectivity index (χ2v) is 5.47. The van der Waals surface area contributed by atoms with Gasteiger partial charge >= 0.3 is 0 Å². The lowest BCUT2D eigenvalue weighted by molar-refractivity contribution is 0.148. The Hall–Kier alpha value is -0.860. The third-order valence-electron chi connectivity index (χ3n) is 4.29. The van der Waals surface area contributed by atoms with E-state index in [4.69, 9.17) is 0 Å². The van der Waals surface area contributed by atoms with Crippen LogP contribution in [-0.2, 0) is 6.42 Å². The largest absolute Gasteiger partial charge is 0.309 e. The average Bonchev–Trinajstić information content (AvgIpc) is 2.46. The summed E-state index contributed by atoms with van der Waals surface area (Å²) in [5.74, 6) is 0. The maximum atomic E-state index is 3.72. The topological polar surface area (TPSA) is 15.3 Å². The average molecular weight is 260 g/mol. The number of likely N-dealkylation sites (N-methyl/N-ethyl adjacent to an activating group) is 2. The second kappa shape index (κ2) is 7.06. The number of nitrogens with one attached hydrogen (secondary N) is 1. The maximum absolute atomic E-state index is 3.72. The molecular weight excluding hydrogens is 232 g/mol. The number of aryl methyl sites for hydroxylation is 1. The smallest absolute Gasteiger partial charge is 0.0480 e. The normalized spacial score (nSPS) is 22.5. The van der Waals surface area contributed by atoms with Crippen LogP contribution in [-0.4, -0.2) is 30.6 Å². The molecular formula is C17H28N2. The summed E-state index contributed by atoms with van der Waals surface area (Å²) >= 11 is 0. The molecule has 0 saturated carbocycles. The van der Waals surface area contributed by atoms with Crippen molar-refractivity contribution in [3.05, 3.63) is 35.4 Å². The third kappa shape index (κ3) is 3.18. The highest BCUT2D eigenvalue weighted by atomic mass is 15.2. The number of fused-ring (bicyclic) bond motifs is 1. The zero-order chi connectivity index (χ0) is 13.7. The number of hydrogen-bond donors (Lipinski definition) is 1. The van der Waals surface area contributed by atoms with Crippen LogP contribution < -0.4 is 5.32 Å². The van der Waals surface area contributed by atoms with Crippen molar-refractivity contribution in [2.45, 2.75) is 52.1 Å². The van der Waals surface area contributed by atoms with Crippen LogP contribution in [0.5, 0.6) is 0 Å². The zero-order valence-corrected chi connectivity index (χ0v) is 12.7. The van der Waals surface area contributed by atoms with Gasteiger partial charge in [-0.15, -0.1) is 0 Å². The molecule has 1 N–H and O–H groups in total. The fourth-order valence-electron chi connectivity index (χ4n) is 3.45. The molecule has 2 nitrogen and oxygen atoms in total. The molecule has 1 aliphatic carbocycles. The van der Waals surface area contributed by atoms with Crippen molar-refractivity contribution in [2.24, 2.45) is 0 Å². The van der Waals surface area contributed by atoms with E-state index < -0.39 is 0 Å². The first-order valence-electron chi connectivity index (χ1n) is 7.87. The van der Waals surface area contributed by atoms with E-state index in [0.717, 1.165) is 13.1 Å². The zero-order valence-electron chi connectivity index (χ0n) is 12.7. The van der Waals surface area contributed by atoms with Crippen molar-refractivity contribution in [1.82, 2.24) is 10.2 Å². The second-order valence-electron chi connectivity index (χ2n) is 5.47. The lowest BCUT2D eigenvalue weighted by atomic mass is 9.83. The van der Waals surface area contributed by atoms with Crippen molar-refractivity contribution in [2.75, 3.05) is 19.6 Å². The summed E-state index contributed by atoms with van der Waals surface area (Å²) in [6.07, 6.45) is 3.75. The first-order valence-corrected chi connectivity index (χ1v) is 7.87. The number of rotatable bonds is 6. The highest BCUT2D eigenvalue weighted by Gasteiger charge is 2.31. The molecule has 0 bridgehead atoms. The summed E-state index contributed by atoms with van der Waals surface area (Å²) in [7, 11) is 0. The van der Waals surface area contributed by atoms with Gasteiger partial charge in [0.2, 0.25) is 0 Å². The molecule has 2 rings (SSSR count). The first kappa shape index (κ1) is 14.5. The van der Waals surface area contributed by atoms with Gasteiger partial charge in [-0.25, -0.2) is 0 Å². The predicted octanol–water partition coefficient (Wildman–Crippen LogP) is 3.38. The quantitative estimate of drug-likeness (QED) is 0.843. The van der Waals surface area contributed by atoms with Crippen LogP contribution in [0, 0.1) is 0 Å². The number of benzene rings is 1. The van der Waals surface area contributed by atoms with E-state index in [1.54, 1.807) is 0 Å². The van der Waals surface area contributed by atoms with Gasteiger partial charge in [0.25, 0.3) is 0 Å². The third-order valence-corrected chi connectivity index (χ3v) is 4.29. The minimum Gasteiger partial charge on any atom is -0.309 e. The molecule has 2 unspecified atom stereocenters. The molecule has 1 aliphatic rings. The fraction of sp³-hybridized carbons (Fsp3) is 0.647. The number of nitrogens with zero attached hydrogens (tertiary/aromatic N) is 1. The van der Waals surface area contributed by atoms with Crippen molar-refractivity contribution in [3.63, 3.8) is 0 Å². The Labute approximate surface area is 118 Å². The molecule has 0 aliphatic heterocycles. The summed E-state index contributed by atoms with van der Waals surface area (Å²) in [4.78, 5) is 2.66. The van der Waals surface area contributed by atoms with Crippen LogP contribution in [0.3, 0.4) is 0 Å². The molecule has 0 spiro atoms. The molecule has 1 aromatic carbocycles. The molecule has 2 heteroatoms. The van der Waals surface area contributed by atoms with E-state index >= 15 is 0 Å². The molecule has 0 fully saturated rings. The Morgan fingerprint density at radius 1 is 1.21 bits per heavy atom. The van der Waals surface area contributed by atoms with Crippen molar-refractivity contribution >= 4 is 0 Å². The van der Waals surface area contributed by atoms with Gasteiger partial charge in [-0.3, -0.25) is 4.90 Å². The summed E-state index contributed by atoms with van der Waals surface area (Å²) < 4.78 is 0. The molecule has 2 atom stereocenters. The molecule has 1 aromatic rings. The minimum atomic E-state index is 0.501. The molecule has 0 amide bonds. The Balaban J connectivity index is 2.25. The van der Waals surface area contributed by atoms with Crippen LogP contribution in [0.4, 0.5) is 0 Å². The Morgan fingerprint density at radius 2 is 2.00 bits per heavy atom. The molecule has 0 aromatic heterocycles. The molecule has 0 radical (unpaired) electrons. The van der Waals surface area contributed by atoms with E-state index in [1.165, 1.54) is 36.9 Å². The first-order chi connectivity index (χ1) is 9.31. The summed E-state index contributed by atoms with van der Waals surface area (Å²) in [5.41, 5.74) is 3.06. The SMILES string of the molecule is CCCN(CC)C1CCc2ccccc2C1NCC. The van der Waals surface area contributed by atoms with Gasteiger partial charge in [0.1, 0.15) is 0 Å². The monoisotopic (exact) mass is 260 g/mol. The van der Waals surface area contributed by atoms with E-state index in [0.29, 0.717) is 12.1 Å². The highest BCUT2D eigenvalue weighted by molar-refractivity contribution is 5.34. The van der Waals surface area contributed by atoms with E-state index in [2.05, 4.69) is 55.3 Å². The van der Waals surface area contributed by atoms with Crippen LogP contribution in [0.25, 0.3) is 0 Å². The summed E-state index contributed by atoms with van der Waals surface area (Å²) in [6, 6.07) is 10.1. The van der Waals surface area contributed by atoms with Gasteiger partial charge in [-0.2, -0.15) is 0 Å². The van der Waals surface area contributed by atoms with Crippen molar-refractivity contribution in [1.29, 1.82) is 0 Å². The van der Waals surface area contributed by atoms with E-state index in [9.17, 15) is 0 Å². The Kier molecular flexibility index (Phi) is 5.41. The fourth-order valence-corrected chi connectivity index (χ4v) is 3.45. The standard InChI is InChI=1S/C17H28N2/c1-4-13-19(6-3)16-12-11-14-9-7-8-10-15(14)17(16)18-5-2/h7-10,16-18H,4-6,11-13H2,1-3H3. The summed E-state index contributed by atoms with van der Waals surface area (Å²) in [5, 5.41) is 3.72. The van der Waals surface area contributed by atoms with Crippen LogP contribution in [0.2, 0.25) is 0 Å². The predicted molar refractivity (Wildman–Crippen MR) is 82.5 cm³/mol. The molecule has 0 saturated heterocycles. The van der Waals surface area contributed by atoms with Gasteiger partial charge in [-0.1, -0.05) is 45.0 Å². The van der Waals surface area contributed by atoms with Crippen LogP contribution in [0.15, 0.2) is 24.3 Å². The Morgan fingerprint density at radius 3 is 2.68 bits per heavy atom. The lowest BCUT2D eigenvalue weighted by Crippen LogP contribution is -2.47. The van der Waals surface area contributed by atoms with Gasteiger partial charge in [0.05, 0.1) is 0 Å². The van der Waals surface area contributed by atoms with E-state index in [1.807, 2.05) is 0 Å². The van der Waals surface area contributed by atoms with Crippen LogP contribution >= 0.6 is 0 Å². The maximum Gasteiger partial charge on any atom is 0.0480 e. The van der Waals surface area contributed by atoms with E-state index in [-0.39, 0.29) is 0 Å². The van der Waals surface area contributed by atoms with Crippen molar-refractivity contribution in [3.8, 4) is 0 Å². The van der Waals surface area contributed by atoms with Gasteiger partial charge in [-0.05, 0) is 50.0 Å². The molecule has 19 heavy (non-hydrogen) atoms. The van der Waals surface area contributed by atoms with Gasteiger partial charge in [0, 0.05) is 12.1 Å².